The fourth-order valence-electron chi connectivity index (χ4n) is 5.17. The van der Waals surface area contributed by atoms with Crippen molar-refractivity contribution in [1.29, 1.82) is 0 Å². The maximum absolute atomic E-state index is 13.2. The summed E-state index contributed by atoms with van der Waals surface area (Å²) in [6.07, 6.45) is 3.73. The summed E-state index contributed by atoms with van der Waals surface area (Å²) in [5.74, 6) is 0.425. The fourth-order valence-corrected chi connectivity index (χ4v) is 5.17. The number of benzene rings is 2. The van der Waals surface area contributed by atoms with Crippen LogP contribution < -0.4 is 15.0 Å². The van der Waals surface area contributed by atoms with Gasteiger partial charge in [0.25, 0.3) is 5.91 Å². The largest absolute Gasteiger partial charge is 0.482 e. The Kier molecular flexibility index (Phi) is 4.24. The molecule has 3 aromatic rings. The molecule has 0 radical (unpaired) electrons. The number of likely N-dealkylation sites (tertiary alicyclic amines) is 1. The van der Waals surface area contributed by atoms with Crippen LogP contribution in [0.4, 0.5) is 11.4 Å². The Morgan fingerprint density at radius 1 is 0.969 bits per heavy atom. The van der Waals surface area contributed by atoms with Crippen LogP contribution in [0, 0.1) is 0 Å². The molecule has 2 amide bonds. The molecule has 1 fully saturated rings. The van der Waals surface area contributed by atoms with Crippen molar-refractivity contribution in [3.8, 4) is 11.4 Å². The van der Waals surface area contributed by atoms with Crippen molar-refractivity contribution in [3.05, 3.63) is 72.6 Å². The van der Waals surface area contributed by atoms with Crippen LogP contribution in [-0.2, 0) is 15.1 Å². The molecule has 32 heavy (non-hydrogen) atoms. The number of fused-ring (bicyclic) bond motifs is 5. The second-order valence-electron chi connectivity index (χ2n) is 8.60. The van der Waals surface area contributed by atoms with E-state index in [2.05, 4.69) is 46.4 Å². The molecule has 0 atom stereocenters. The first-order chi connectivity index (χ1) is 15.6. The summed E-state index contributed by atoms with van der Waals surface area (Å²) in [6.45, 7) is 1.28. The van der Waals surface area contributed by atoms with Gasteiger partial charge in [0.15, 0.2) is 6.61 Å². The van der Waals surface area contributed by atoms with Crippen LogP contribution in [-0.4, -0.2) is 47.5 Å². The summed E-state index contributed by atoms with van der Waals surface area (Å²) in [5, 5.41) is 3.78. The topological polar surface area (TPSA) is 66.8 Å². The maximum atomic E-state index is 13.2. The summed E-state index contributed by atoms with van der Waals surface area (Å²) in [6, 6.07) is 19.9. The molecule has 1 N–H and O–H groups in total. The van der Waals surface area contributed by atoms with Gasteiger partial charge in [0.2, 0.25) is 5.91 Å². The predicted octanol–water partition coefficient (Wildman–Crippen LogP) is 3.15. The number of anilines is 2. The van der Waals surface area contributed by atoms with Crippen molar-refractivity contribution in [2.75, 3.05) is 36.5 Å². The number of rotatable bonds is 2. The van der Waals surface area contributed by atoms with Gasteiger partial charge in [-0.2, -0.15) is 0 Å². The minimum atomic E-state index is -0.198. The first kappa shape index (κ1) is 19.0. The smallest absolute Gasteiger partial charge is 0.265 e. The number of nitrogens with zero attached hydrogens (tertiary/aromatic N) is 3. The van der Waals surface area contributed by atoms with Crippen molar-refractivity contribution >= 4 is 23.2 Å². The third kappa shape index (κ3) is 2.88. The highest BCUT2D eigenvalue weighted by molar-refractivity contribution is 6.02. The van der Waals surface area contributed by atoms with E-state index in [9.17, 15) is 9.59 Å². The lowest BCUT2D eigenvalue weighted by atomic mass is 9.82. The number of aromatic nitrogens is 1. The highest BCUT2D eigenvalue weighted by Crippen LogP contribution is 2.43. The van der Waals surface area contributed by atoms with Gasteiger partial charge in [0, 0.05) is 25.0 Å². The average Bonchev–Trinajstić information content (AvgIpc) is 3.33. The van der Waals surface area contributed by atoms with Gasteiger partial charge < -0.3 is 19.5 Å². The summed E-state index contributed by atoms with van der Waals surface area (Å²) < 4.78 is 7.75. The van der Waals surface area contributed by atoms with Gasteiger partial charge in [-0.3, -0.25) is 14.5 Å². The summed E-state index contributed by atoms with van der Waals surface area (Å²) in [5.41, 5.74) is 3.97. The number of hydrogen-bond acceptors (Lipinski definition) is 4. The minimum Gasteiger partial charge on any atom is -0.482 e. The van der Waals surface area contributed by atoms with Crippen LogP contribution >= 0.6 is 0 Å². The van der Waals surface area contributed by atoms with E-state index >= 15 is 0 Å². The molecule has 6 rings (SSSR count). The van der Waals surface area contributed by atoms with E-state index in [0.717, 1.165) is 24.2 Å². The van der Waals surface area contributed by atoms with Gasteiger partial charge in [-0.25, -0.2) is 0 Å². The second-order valence-corrected chi connectivity index (χ2v) is 8.60. The molecule has 7 nitrogen and oxygen atoms in total. The van der Waals surface area contributed by atoms with E-state index < -0.39 is 0 Å². The molecule has 0 aliphatic carbocycles. The zero-order valence-electron chi connectivity index (χ0n) is 17.7. The number of hydrogen-bond donors (Lipinski definition) is 1. The molecule has 1 aromatic heterocycles. The predicted molar refractivity (Wildman–Crippen MR) is 121 cm³/mol. The van der Waals surface area contributed by atoms with E-state index in [-0.39, 0.29) is 30.5 Å². The van der Waals surface area contributed by atoms with Gasteiger partial charge in [-0.15, -0.1) is 0 Å². The quantitative estimate of drug-likeness (QED) is 0.681. The SMILES string of the molecule is O=C(CN1C(=O)COc2ccccc21)N1CCC2(CC1)Nc1ccccc1-n1cccc12. The van der Waals surface area contributed by atoms with Crippen LogP contribution in [0.5, 0.6) is 5.75 Å². The number of ether oxygens (including phenoxy) is 1. The van der Waals surface area contributed by atoms with Gasteiger partial charge in [0.05, 0.1) is 22.6 Å². The van der Waals surface area contributed by atoms with Crippen molar-refractivity contribution in [3.63, 3.8) is 0 Å². The number of nitrogens with one attached hydrogen (secondary N) is 1. The lowest BCUT2D eigenvalue weighted by Crippen LogP contribution is -2.53. The molecule has 0 unspecified atom stereocenters. The third-order valence-electron chi connectivity index (χ3n) is 6.85. The summed E-state index contributed by atoms with van der Waals surface area (Å²) in [4.78, 5) is 29.0. The standard InChI is InChI=1S/C25H24N4O3/c30-23(16-29-20-8-3-4-9-21(20)32-17-24(29)31)27-14-11-25(12-15-27)22-10-5-13-28(22)19-7-2-1-6-18(19)26-25/h1-10,13,26H,11-12,14-17H2. The second kappa shape index (κ2) is 7.15. The molecule has 1 saturated heterocycles. The van der Waals surface area contributed by atoms with Crippen molar-refractivity contribution in [2.24, 2.45) is 0 Å². The Bertz CT molecular complexity index is 1210. The number of piperidine rings is 1. The van der Waals surface area contributed by atoms with E-state index in [1.54, 1.807) is 4.90 Å². The van der Waals surface area contributed by atoms with Crippen LogP contribution in [0.25, 0.3) is 5.69 Å². The molecule has 0 saturated carbocycles. The average molecular weight is 428 g/mol. The zero-order chi connectivity index (χ0) is 21.7. The Balaban J connectivity index is 1.20. The Morgan fingerprint density at radius 3 is 2.56 bits per heavy atom. The summed E-state index contributed by atoms with van der Waals surface area (Å²) in [7, 11) is 0. The molecule has 3 aliphatic heterocycles. The Morgan fingerprint density at radius 2 is 1.72 bits per heavy atom. The van der Waals surface area contributed by atoms with E-state index in [4.69, 9.17) is 4.74 Å². The van der Waals surface area contributed by atoms with Crippen molar-refractivity contribution in [2.45, 2.75) is 18.4 Å². The molecular formula is C25H24N4O3. The molecule has 0 bridgehead atoms. The monoisotopic (exact) mass is 428 g/mol. The van der Waals surface area contributed by atoms with E-state index in [1.165, 1.54) is 5.69 Å². The van der Waals surface area contributed by atoms with Crippen LogP contribution in [0.3, 0.4) is 0 Å². The van der Waals surface area contributed by atoms with Gasteiger partial charge in [-0.05, 0) is 49.2 Å². The zero-order valence-corrected chi connectivity index (χ0v) is 17.7. The van der Waals surface area contributed by atoms with E-state index in [0.29, 0.717) is 24.5 Å². The Hall–Kier alpha value is -3.74. The Labute approximate surface area is 186 Å². The molecule has 1 spiro atoms. The first-order valence-electron chi connectivity index (χ1n) is 11.0. The highest BCUT2D eigenvalue weighted by Gasteiger charge is 2.42. The van der Waals surface area contributed by atoms with Crippen LogP contribution in [0.1, 0.15) is 18.5 Å². The molecule has 4 heterocycles. The van der Waals surface area contributed by atoms with Gasteiger partial charge >= 0.3 is 0 Å². The fraction of sp³-hybridized carbons (Fsp3) is 0.280. The lowest BCUT2D eigenvalue weighted by molar-refractivity contribution is -0.133. The number of amides is 2. The number of carbonyl (C=O) groups is 2. The number of para-hydroxylation sites is 4. The van der Waals surface area contributed by atoms with Crippen LogP contribution in [0.15, 0.2) is 66.9 Å². The van der Waals surface area contributed by atoms with Crippen molar-refractivity contribution < 1.29 is 14.3 Å². The molecule has 2 aromatic carbocycles. The molecule has 162 valence electrons. The minimum absolute atomic E-state index is 0.0310. The maximum Gasteiger partial charge on any atom is 0.265 e. The third-order valence-corrected chi connectivity index (χ3v) is 6.85. The van der Waals surface area contributed by atoms with Crippen molar-refractivity contribution in [1.82, 2.24) is 9.47 Å². The number of carbonyl (C=O) groups excluding carboxylic acids is 2. The first-order valence-corrected chi connectivity index (χ1v) is 11.0. The molecular weight excluding hydrogens is 404 g/mol. The normalized spacial score (nSPS) is 18.3. The summed E-state index contributed by atoms with van der Waals surface area (Å²) >= 11 is 0. The van der Waals surface area contributed by atoms with Crippen LogP contribution in [0.2, 0.25) is 0 Å². The van der Waals surface area contributed by atoms with Gasteiger partial charge in [-0.1, -0.05) is 24.3 Å². The highest BCUT2D eigenvalue weighted by atomic mass is 16.5. The lowest BCUT2D eigenvalue weighted by Gasteiger charge is -2.46. The molecule has 3 aliphatic rings. The van der Waals surface area contributed by atoms with Gasteiger partial charge in [0.1, 0.15) is 12.3 Å². The van der Waals surface area contributed by atoms with E-state index in [1.807, 2.05) is 35.2 Å². The molecule has 7 heteroatoms.